The Kier molecular flexibility index (Phi) is 6.30. The molecule has 1 amide bonds. The highest BCUT2D eigenvalue weighted by Gasteiger charge is 2.14. The maximum Gasteiger partial charge on any atom is 0.230 e. The van der Waals surface area contributed by atoms with Crippen molar-refractivity contribution in [1.29, 1.82) is 0 Å². The summed E-state index contributed by atoms with van der Waals surface area (Å²) in [7, 11) is 3.13. The number of fused-ring (bicyclic) bond motifs is 2. The topological polar surface area (TPSA) is 107 Å². The van der Waals surface area contributed by atoms with Crippen LogP contribution < -0.4 is 24.8 Å². The number of nitrogens with zero attached hydrogens (tertiary/aromatic N) is 3. The minimum Gasteiger partial charge on any atom is -0.493 e. The number of benzene rings is 2. The molecule has 0 saturated carbocycles. The molecule has 9 heteroatoms. The molecule has 2 aromatic heterocycles. The Morgan fingerprint density at radius 3 is 2.69 bits per heavy atom. The molecule has 0 spiro atoms. The molecule has 35 heavy (non-hydrogen) atoms. The summed E-state index contributed by atoms with van der Waals surface area (Å²) in [6.07, 6.45) is 5.33. The number of methoxy groups -OCH3 is 2. The number of hydrogen-bond donors (Lipinski definition) is 2. The molecule has 5 rings (SSSR count). The van der Waals surface area contributed by atoms with Crippen LogP contribution in [0.3, 0.4) is 0 Å². The second kappa shape index (κ2) is 9.84. The molecule has 178 valence electrons. The largest absolute Gasteiger partial charge is 0.493 e. The van der Waals surface area contributed by atoms with Crippen LogP contribution in [0.25, 0.3) is 10.9 Å². The minimum atomic E-state index is -0.134. The first kappa shape index (κ1) is 22.4. The van der Waals surface area contributed by atoms with Gasteiger partial charge in [0.15, 0.2) is 11.5 Å². The summed E-state index contributed by atoms with van der Waals surface area (Å²) < 4.78 is 16.7. The number of carbonyl (C=O) groups excluding carboxylic acids is 1. The lowest BCUT2D eigenvalue weighted by Gasteiger charge is -2.18. The maximum absolute atomic E-state index is 12.5. The maximum atomic E-state index is 12.5. The van der Waals surface area contributed by atoms with E-state index < -0.39 is 0 Å². The molecule has 2 aromatic carbocycles. The Balaban J connectivity index is 1.26. The summed E-state index contributed by atoms with van der Waals surface area (Å²) in [5.74, 6) is 1.84. The fraction of sp³-hybridized carbons (Fsp3) is 0.231. The van der Waals surface area contributed by atoms with E-state index in [2.05, 4.69) is 31.7 Å². The van der Waals surface area contributed by atoms with Gasteiger partial charge in [0.25, 0.3) is 0 Å². The van der Waals surface area contributed by atoms with E-state index >= 15 is 0 Å². The van der Waals surface area contributed by atoms with Crippen LogP contribution in [0.5, 0.6) is 23.1 Å². The highest BCUT2D eigenvalue weighted by Crippen LogP contribution is 2.35. The van der Waals surface area contributed by atoms with Gasteiger partial charge in [0.1, 0.15) is 12.1 Å². The van der Waals surface area contributed by atoms with Crippen LogP contribution >= 0.6 is 0 Å². The number of nitrogens with one attached hydrogen (secondary N) is 2. The molecule has 1 aliphatic rings. The van der Waals surface area contributed by atoms with Crippen LogP contribution in [-0.4, -0.2) is 41.6 Å². The third kappa shape index (κ3) is 4.93. The van der Waals surface area contributed by atoms with Gasteiger partial charge in [0, 0.05) is 29.7 Å². The van der Waals surface area contributed by atoms with Gasteiger partial charge in [-0.05, 0) is 48.7 Å². The van der Waals surface area contributed by atoms with E-state index in [9.17, 15) is 4.79 Å². The fourth-order valence-electron chi connectivity index (χ4n) is 4.04. The predicted molar refractivity (Wildman–Crippen MR) is 133 cm³/mol. The summed E-state index contributed by atoms with van der Waals surface area (Å²) in [6, 6.07) is 13.0. The number of aryl methyl sites for hydroxylation is 1. The second-order valence-electron chi connectivity index (χ2n) is 8.12. The lowest BCUT2D eigenvalue weighted by atomic mass is 10.0. The second-order valence-corrected chi connectivity index (χ2v) is 8.12. The summed E-state index contributed by atoms with van der Waals surface area (Å²) in [5, 5.41) is 7.00. The average Bonchev–Trinajstić information content (AvgIpc) is 2.89. The molecular weight excluding hydrogens is 446 g/mol. The Labute approximate surface area is 202 Å². The summed E-state index contributed by atoms with van der Waals surface area (Å²) in [6.45, 7) is 0.954. The molecule has 0 saturated heterocycles. The molecule has 0 radical (unpaired) electrons. The van der Waals surface area contributed by atoms with E-state index in [0.29, 0.717) is 39.7 Å². The van der Waals surface area contributed by atoms with Crippen molar-refractivity contribution in [2.75, 3.05) is 31.4 Å². The third-order valence-electron chi connectivity index (χ3n) is 5.79. The molecular formula is C26H25N5O4. The van der Waals surface area contributed by atoms with Crippen molar-refractivity contribution in [3.63, 3.8) is 0 Å². The SMILES string of the molecule is COc1cc2ncnc(Oc3ccc(CC(=O)Nc4ccc5c(c4)NCCC5)nc3)c2cc1OC. The Hall–Kier alpha value is -4.40. The van der Waals surface area contributed by atoms with Gasteiger partial charge in [0.05, 0.1) is 37.7 Å². The van der Waals surface area contributed by atoms with Crippen LogP contribution in [-0.2, 0) is 17.6 Å². The predicted octanol–water partition coefficient (Wildman–Crippen LogP) is 4.37. The highest BCUT2D eigenvalue weighted by molar-refractivity contribution is 5.92. The summed E-state index contributed by atoms with van der Waals surface area (Å²) in [5.41, 5.74) is 4.42. The van der Waals surface area contributed by atoms with Gasteiger partial charge in [-0.3, -0.25) is 9.78 Å². The van der Waals surface area contributed by atoms with Gasteiger partial charge >= 0.3 is 0 Å². The van der Waals surface area contributed by atoms with Crippen molar-refractivity contribution < 1.29 is 19.0 Å². The molecule has 0 atom stereocenters. The number of carbonyl (C=O) groups is 1. The van der Waals surface area contributed by atoms with Crippen LogP contribution in [0.2, 0.25) is 0 Å². The normalized spacial score (nSPS) is 12.4. The van der Waals surface area contributed by atoms with Gasteiger partial charge in [0.2, 0.25) is 11.8 Å². The van der Waals surface area contributed by atoms with E-state index in [0.717, 1.165) is 30.8 Å². The minimum absolute atomic E-state index is 0.134. The van der Waals surface area contributed by atoms with Gasteiger partial charge < -0.3 is 24.8 Å². The van der Waals surface area contributed by atoms with Crippen molar-refractivity contribution in [3.8, 4) is 23.1 Å². The van der Waals surface area contributed by atoms with E-state index in [1.165, 1.54) is 11.9 Å². The first-order valence-electron chi connectivity index (χ1n) is 11.3. The first-order valence-corrected chi connectivity index (χ1v) is 11.3. The standard InChI is InChI=1S/C26H25N5O4/c1-33-23-12-20-22(13-24(23)34-2)29-15-30-26(20)35-19-8-7-17(28-14-19)11-25(32)31-18-6-5-16-4-3-9-27-21(16)10-18/h5-8,10,12-15,27H,3-4,9,11H2,1-2H3,(H,31,32). The summed E-state index contributed by atoms with van der Waals surface area (Å²) >= 11 is 0. The molecule has 9 nitrogen and oxygen atoms in total. The van der Waals surface area contributed by atoms with Crippen molar-refractivity contribution >= 4 is 28.2 Å². The van der Waals surface area contributed by atoms with Crippen molar-refractivity contribution in [1.82, 2.24) is 15.0 Å². The number of amides is 1. The Bertz CT molecular complexity index is 1370. The van der Waals surface area contributed by atoms with E-state index in [1.807, 2.05) is 12.1 Å². The Morgan fingerprint density at radius 1 is 1.03 bits per heavy atom. The quantitative estimate of drug-likeness (QED) is 0.409. The fourth-order valence-corrected chi connectivity index (χ4v) is 4.04. The van der Waals surface area contributed by atoms with Crippen molar-refractivity contribution in [2.45, 2.75) is 19.3 Å². The Morgan fingerprint density at radius 2 is 1.89 bits per heavy atom. The smallest absolute Gasteiger partial charge is 0.230 e. The molecule has 4 aromatic rings. The molecule has 0 aliphatic carbocycles. The number of pyridine rings is 1. The summed E-state index contributed by atoms with van der Waals surface area (Å²) in [4.78, 5) is 25.5. The first-order chi connectivity index (χ1) is 17.1. The molecule has 0 unspecified atom stereocenters. The molecule has 2 N–H and O–H groups in total. The number of anilines is 2. The number of hydrogen-bond acceptors (Lipinski definition) is 8. The van der Waals surface area contributed by atoms with Crippen LogP contribution in [0.15, 0.2) is 55.0 Å². The number of ether oxygens (including phenoxy) is 3. The lowest BCUT2D eigenvalue weighted by Crippen LogP contribution is -2.16. The van der Waals surface area contributed by atoms with E-state index in [1.54, 1.807) is 44.7 Å². The van der Waals surface area contributed by atoms with Crippen LogP contribution in [0.4, 0.5) is 11.4 Å². The van der Waals surface area contributed by atoms with Gasteiger partial charge in [-0.25, -0.2) is 9.97 Å². The van der Waals surface area contributed by atoms with Crippen molar-refractivity contribution in [2.24, 2.45) is 0 Å². The number of aromatic nitrogens is 3. The van der Waals surface area contributed by atoms with E-state index in [-0.39, 0.29) is 12.3 Å². The zero-order valence-corrected chi connectivity index (χ0v) is 19.5. The molecule has 1 aliphatic heterocycles. The highest BCUT2D eigenvalue weighted by atomic mass is 16.5. The zero-order chi connectivity index (χ0) is 24.2. The van der Waals surface area contributed by atoms with Gasteiger partial charge in [-0.2, -0.15) is 0 Å². The molecule has 0 fully saturated rings. The van der Waals surface area contributed by atoms with Crippen molar-refractivity contribution in [3.05, 3.63) is 66.2 Å². The molecule has 3 heterocycles. The average molecular weight is 472 g/mol. The number of rotatable bonds is 7. The third-order valence-corrected chi connectivity index (χ3v) is 5.79. The molecule has 0 bridgehead atoms. The van der Waals surface area contributed by atoms with Crippen LogP contribution in [0, 0.1) is 0 Å². The van der Waals surface area contributed by atoms with Gasteiger partial charge in [-0.1, -0.05) is 6.07 Å². The zero-order valence-electron chi connectivity index (χ0n) is 19.5. The van der Waals surface area contributed by atoms with E-state index in [4.69, 9.17) is 14.2 Å². The lowest BCUT2D eigenvalue weighted by molar-refractivity contribution is -0.115. The monoisotopic (exact) mass is 471 g/mol. The van der Waals surface area contributed by atoms with Crippen LogP contribution in [0.1, 0.15) is 17.7 Å². The van der Waals surface area contributed by atoms with Gasteiger partial charge in [-0.15, -0.1) is 0 Å².